The fourth-order valence-corrected chi connectivity index (χ4v) is 3.42. The molecule has 8 nitrogen and oxygen atoms in total. The number of rotatable bonds is 7. The van der Waals surface area contributed by atoms with E-state index in [1.54, 1.807) is 17.6 Å². The smallest absolute Gasteiger partial charge is 0.301 e. The van der Waals surface area contributed by atoms with Crippen molar-refractivity contribution in [2.75, 3.05) is 5.75 Å². The number of hydrazone groups is 1. The molecule has 2 heterocycles. The standard InChI is InChI=1S/C18H17F4N7OS/c1-3-29-16(13-8-14(18(20,21)22)28(2)27-13)25-26-17(29)31-10-15(30)24-23-9-11-6-4-5-7-12(11)19/h4-9H,3,10H2,1-2H3,(H,24,30)/b23-9-. The number of aromatic nitrogens is 5. The number of hydrogen-bond donors (Lipinski definition) is 1. The van der Waals surface area contributed by atoms with E-state index in [9.17, 15) is 22.4 Å². The van der Waals surface area contributed by atoms with Crippen LogP contribution in [0.5, 0.6) is 0 Å². The van der Waals surface area contributed by atoms with Crippen molar-refractivity contribution in [3.8, 4) is 11.5 Å². The lowest BCUT2D eigenvalue weighted by Gasteiger charge is -2.05. The van der Waals surface area contributed by atoms with Crippen molar-refractivity contribution >= 4 is 23.9 Å². The van der Waals surface area contributed by atoms with Gasteiger partial charge >= 0.3 is 6.18 Å². The Kier molecular flexibility index (Phi) is 6.73. The highest BCUT2D eigenvalue weighted by Gasteiger charge is 2.35. The summed E-state index contributed by atoms with van der Waals surface area (Å²) in [4.78, 5) is 12.0. The molecule has 0 spiro atoms. The molecule has 0 aliphatic rings. The van der Waals surface area contributed by atoms with Crippen LogP contribution in [0, 0.1) is 5.82 Å². The number of nitrogens with zero attached hydrogens (tertiary/aromatic N) is 6. The van der Waals surface area contributed by atoms with Gasteiger partial charge in [-0.15, -0.1) is 10.2 Å². The molecule has 2 aromatic heterocycles. The van der Waals surface area contributed by atoms with Gasteiger partial charge in [0.15, 0.2) is 11.0 Å². The SMILES string of the molecule is CCn1c(SCC(=O)N/N=C\c2ccccc2F)nnc1-c1cc(C(F)(F)F)n(C)n1. The van der Waals surface area contributed by atoms with Crippen LogP contribution in [-0.4, -0.2) is 42.4 Å². The van der Waals surface area contributed by atoms with Crippen molar-refractivity contribution < 1.29 is 22.4 Å². The summed E-state index contributed by atoms with van der Waals surface area (Å²) >= 11 is 1.03. The van der Waals surface area contributed by atoms with Crippen LogP contribution in [0.25, 0.3) is 11.5 Å². The molecule has 0 aliphatic heterocycles. The Morgan fingerprint density at radius 1 is 1.29 bits per heavy atom. The first-order chi connectivity index (χ1) is 14.7. The van der Waals surface area contributed by atoms with Crippen LogP contribution in [0.4, 0.5) is 17.6 Å². The fraction of sp³-hybridized carbons (Fsp3) is 0.278. The van der Waals surface area contributed by atoms with Crippen molar-refractivity contribution in [1.29, 1.82) is 0 Å². The third-order valence-electron chi connectivity index (χ3n) is 4.06. The maximum absolute atomic E-state index is 13.5. The van der Waals surface area contributed by atoms with E-state index in [4.69, 9.17) is 0 Å². The number of carbonyl (C=O) groups is 1. The van der Waals surface area contributed by atoms with Crippen molar-refractivity contribution in [3.63, 3.8) is 0 Å². The Hall–Kier alpha value is -3.22. The van der Waals surface area contributed by atoms with Gasteiger partial charge in [-0.2, -0.15) is 23.4 Å². The molecule has 13 heteroatoms. The number of amides is 1. The normalized spacial score (nSPS) is 11.9. The second kappa shape index (κ2) is 9.29. The monoisotopic (exact) mass is 455 g/mol. The summed E-state index contributed by atoms with van der Waals surface area (Å²) in [5.74, 6) is -0.860. The minimum absolute atomic E-state index is 0.0231. The Balaban J connectivity index is 1.66. The molecule has 164 valence electrons. The van der Waals surface area contributed by atoms with E-state index in [1.807, 2.05) is 0 Å². The van der Waals surface area contributed by atoms with Gasteiger partial charge in [-0.25, -0.2) is 9.82 Å². The van der Waals surface area contributed by atoms with Gasteiger partial charge < -0.3 is 4.57 Å². The minimum Gasteiger partial charge on any atom is -0.301 e. The zero-order valence-electron chi connectivity index (χ0n) is 16.4. The van der Waals surface area contributed by atoms with Crippen molar-refractivity contribution in [2.24, 2.45) is 12.1 Å². The van der Waals surface area contributed by atoms with E-state index < -0.39 is 23.6 Å². The van der Waals surface area contributed by atoms with Gasteiger partial charge in [-0.3, -0.25) is 9.48 Å². The largest absolute Gasteiger partial charge is 0.433 e. The number of hydrogen-bond acceptors (Lipinski definition) is 6. The van der Waals surface area contributed by atoms with Crippen LogP contribution in [0.1, 0.15) is 18.2 Å². The molecule has 0 fully saturated rings. The summed E-state index contributed by atoms with van der Waals surface area (Å²) in [6.45, 7) is 2.12. The van der Waals surface area contributed by atoms with Crippen molar-refractivity contribution in [3.05, 3.63) is 47.4 Å². The van der Waals surface area contributed by atoms with Gasteiger partial charge in [0.25, 0.3) is 5.91 Å². The molecule has 0 saturated heterocycles. The molecule has 31 heavy (non-hydrogen) atoms. The lowest BCUT2D eigenvalue weighted by atomic mass is 10.2. The first kappa shape index (κ1) is 22.5. The average molecular weight is 455 g/mol. The molecule has 3 aromatic rings. The van der Waals surface area contributed by atoms with Gasteiger partial charge in [-0.1, -0.05) is 30.0 Å². The number of alkyl halides is 3. The zero-order valence-corrected chi connectivity index (χ0v) is 17.2. The van der Waals surface area contributed by atoms with Crippen molar-refractivity contribution in [1.82, 2.24) is 30.0 Å². The number of nitrogens with one attached hydrogen (secondary N) is 1. The molecular weight excluding hydrogens is 438 g/mol. The lowest BCUT2D eigenvalue weighted by molar-refractivity contribution is -0.143. The van der Waals surface area contributed by atoms with Gasteiger partial charge in [0.1, 0.15) is 17.2 Å². The van der Waals surface area contributed by atoms with E-state index in [1.165, 1.54) is 31.5 Å². The summed E-state index contributed by atoms with van der Waals surface area (Å²) in [5.41, 5.74) is 1.61. The second-order valence-electron chi connectivity index (χ2n) is 6.19. The molecule has 0 unspecified atom stereocenters. The van der Waals surface area contributed by atoms with Gasteiger partial charge in [-0.05, 0) is 19.1 Å². The summed E-state index contributed by atoms with van der Waals surface area (Å²) in [6.07, 6.45) is -3.36. The van der Waals surface area contributed by atoms with E-state index in [2.05, 4.69) is 25.8 Å². The lowest BCUT2D eigenvalue weighted by Crippen LogP contribution is -2.20. The van der Waals surface area contributed by atoms with Crippen LogP contribution < -0.4 is 5.43 Å². The van der Waals surface area contributed by atoms with E-state index in [0.29, 0.717) is 11.7 Å². The molecular formula is C18H17F4N7OS. The number of carbonyl (C=O) groups excluding carboxylic acids is 1. The van der Waals surface area contributed by atoms with Crippen molar-refractivity contribution in [2.45, 2.75) is 24.8 Å². The number of aryl methyl sites for hydroxylation is 1. The van der Waals surface area contributed by atoms with Gasteiger partial charge in [0.05, 0.1) is 12.0 Å². The van der Waals surface area contributed by atoms with Crippen LogP contribution in [-0.2, 0) is 24.6 Å². The van der Waals surface area contributed by atoms with Crippen LogP contribution in [0.15, 0.2) is 40.6 Å². The predicted molar refractivity (Wildman–Crippen MR) is 106 cm³/mol. The van der Waals surface area contributed by atoms with Gasteiger partial charge in [0.2, 0.25) is 0 Å². The maximum Gasteiger partial charge on any atom is 0.433 e. The highest BCUT2D eigenvalue weighted by molar-refractivity contribution is 7.99. The summed E-state index contributed by atoms with van der Waals surface area (Å²) < 4.78 is 54.9. The number of thioether (sulfide) groups is 1. The quantitative estimate of drug-likeness (QED) is 0.256. The summed E-state index contributed by atoms with van der Waals surface area (Å²) in [5, 5.41) is 15.8. The zero-order chi connectivity index (χ0) is 22.6. The third-order valence-corrected chi connectivity index (χ3v) is 5.03. The van der Waals surface area contributed by atoms with Crippen LogP contribution in [0.2, 0.25) is 0 Å². The average Bonchev–Trinajstić information content (AvgIpc) is 3.30. The van der Waals surface area contributed by atoms with Crippen LogP contribution >= 0.6 is 11.8 Å². The molecule has 1 amide bonds. The van der Waals surface area contributed by atoms with E-state index in [0.717, 1.165) is 22.5 Å². The molecule has 0 saturated carbocycles. The fourth-order valence-electron chi connectivity index (χ4n) is 2.63. The molecule has 1 N–H and O–H groups in total. The molecule has 0 aliphatic carbocycles. The molecule has 1 aromatic carbocycles. The van der Waals surface area contributed by atoms with Gasteiger partial charge in [0, 0.05) is 19.2 Å². The molecule has 0 atom stereocenters. The topological polar surface area (TPSA) is 90.0 Å². The Bertz CT molecular complexity index is 1110. The maximum atomic E-state index is 13.5. The Labute approximate surface area is 178 Å². The third kappa shape index (κ3) is 5.29. The van der Waals surface area contributed by atoms with E-state index in [-0.39, 0.29) is 22.8 Å². The molecule has 3 rings (SSSR count). The first-order valence-corrected chi connectivity index (χ1v) is 9.93. The number of halogens is 4. The number of benzene rings is 1. The minimum atomic E-state index is -4.55. The Morgan fingerprint density at radius 2 is 2.03 bits per heavy atom. The highest BCUT2D eigenvalue weighted by Crippen LogP contribution is 2.32. The highest BCUT2D eigenvalue weighted by atomic mass is 32.2. The Morgan fingerprint density at radius 3 is 2.68 bits per heavy atom. The molecule has 0 radical (unpaired) electrons. The molecule has 0 bridgehead atoms. The van der Waals surface area contributed by atoms with E-state index >= 15 is 0 Å². The second-order valence-corrected chi connectivity index (χ2v) is 7.13. The van der Waals surface area contributed by atoms with Crippen LogP contribution in [0.3, 0.4) is 0 Å². The summed E-state index contributed by atoms with van der Waals surface area (Å²) in [7, 11) is 1.20. The predicted octanol–water partition coefficient (Wildman–Crippen LogP) is 3.10. The first-order valence-electron chi connectivity index (χ1n) is 8.94. The summed E-state index contributed by atoms with van der Waals surface area (Å²) in [6, 6.07) is 6.85.